The van der Waals surface area contributed by atoms with Crippen LogP contribution >= 0.6 is 23.2 Å². The van der Waals surface area contributed by atoms with Crippen LogP contribution in [0.15, 0.2) is 108 Å². The van der Waals surface area contributed by atoms with Crippen LogP contribution in [0.3, 0.4) is 0 Å². The minimum absolute atomic E-state index is 0.00510. The molecule has 7 nitrogen and oxygen atoms in total. The van der Waals surface area contributed by atoms with Gasteiger partial charge in [-0.3, -0.25) is 13.9 Å². The van der Waals surface area contributed by atoms with Crippen molar-refractivity contribution in [3.05, 3.63) is 130 Å². The molecule has 0 unspecified atom stereocenters. The third-order valence-electron chi connectivity index (χ3n) is 7.17. The average Bonchev–Trinajstić information content (AvgIpc) is 3.01. The van der Waals surface area contributed by atoms with Crippen LogP contribution in [0.1, 0.15) is 30.5 Å². The number of rotatable bonds is 13. The third-order valence-corrected chi connectivity index (χ3v) is 9.40. The van der Waals surface area contributed by atoms with E-state index >= 15 is 0 Å². The number of nitrogens with zero attached hydrogens (tertiary/aromatic N) is 2. The Morgan fingerprint density at radius 1 is 0.800 bits per heavy atom. The van der Waals surface area contributed by atoms with Crippen molar-refractivity contribution in [1.82, 2.24) is 10.2 Å². The smallest absolute Gasteiger partial charge is 0.264 e. The highest BCUT2D eigenvalue weighted by Gasteiger charge is 2.34. The van der Waals surface area contributed by atoms with Gasteiger partial charge in [0.1, 0.15) is 12.6 Å². The first-order chi connectivity index (χ1) is 21.4. The Labute approximate surface area is 275 Å². The summed E-state index contributed by atoms with van der Waals surface area (Å²) in [7, 11) is -4.25. The first-order valence-electron chi connectivity index (χ1n) is 14.6. The van der Waals surface area contributed by atoms with Gasteiger partial charge in [0.2, 0.25) is 11.8 Å². The Bertz CT molecular complexity index is 1680. The summed E-state index contributed by atoms with van der Waals surface area (Å²) in [6, 6.07) is 28.4. The lowest BCUT2D eigenvalue weighted by atomic mass is 10.0. The van der Waals surface area contributed by atoms with E-state index < -0.39 is 28.5 Å². The van der Waals surface area contributed by atoms with Crippen LogP contribution in [-0.2, 0) is 32.6 Å². The number of amides is 2. The molecule has 0 aromatic heterocycles. The molecule has 236 valence electrons. The van der Waals surface area contributed by atoms with Crippen LogP contribution in [0.25, 0.3) is 0 Å². The van der Waals surface area contributed by atoms with Gasteiger partial charge in [-0.2, -0.15) is 0 Å². The zero-order valence-corrected chi connectivity index (χ0v) is 27.8. The van der Waals surface area contributed by atoms with Gasteiger partial charge in [-0.15, -0.1) is 0 Å². The van der Waals surface area contributed by atoms with Crippen LogP contribution in [-0.4, -0.2) is 44.3 Å². The molecule has 1 N–H and O–H groups in total. The fourth-order valence-corrected chi connectivity index (χ4v) is 6.73. The van der Waals surface area contributed by atoms with Crippen LogP contribution in [0.2, 0.25) is 10.0 Å². The van der Waals surface area contributed by atoms with Gasteiger partial charge >= 0.3 is 0 Å². The Morgan fingerprint density at radius 2 is 1.38 bits per heavy atom. The largest absolute Gasteiger partial charge is 0.354 e. The van der Waals surface area contributed by atoms with E-state index in [2.05, 4.69) is 5.32 Å². The number of hydrogen-bond acceptors (Lipinski definition) is 4. The monoisotopic (exact) mass is 665 g/mol. The van der Waals surface area contributed by atoms with Gasteiger partial charge in [-0.1, -0.05) is 115 Å². The van der Waals surface area contributed by atoms with Crippen molar-refractivity contribution in [2.24, 2.45) is 5.92 Å². The molecule has 0 saturated carbocycles. The number of nitrogens with one attached hydrogen (secondary N) is 1. The first kappa shape index (κ1) is 34.0. The minimum atomic E-state index is -4.25. The molecule has 0 aliphatic carbocycles. The summed E-state index contributed by atoms with van der Waals surface area (Å²) in [5.74, 6) is -0.699. The highest BCUT2D eigenvalue weighted by Crippen LogP contribution is 2.30. The molecule has 45 heavy (non-hydrogen) atoms. The van der Waals surface area contributed by atoms with Gasteiger partial charge in [0.05, 0.1) is 10.6 Å². The molecule has 0 saturated heterocycles. The lowest BCUT2D eigenvalue weighted by Gasteiger charge is -2.34. The van der Waals surface area contributed by atoms with Crippen molar-refractivity contribution in [3.8, 4) is 0 Å². The van der Waals surface area contributed by atoms with Crippen LogP contribution in [0.5, 0.6) is 0 Å². The number of sulfonamides is 1. The van der Waals surface area contributed by atoms with Gasteiger partial charge in [0.15, 0.2) is 0 Å². The zero-order chi connectivity index (χ0) is 32.6. The van der Waals surface area contributed by atoms with E-state index in [9.17, 15) is 18.0 Å². The van der Waals surface area contributed by atoms with Crippen molar-refractivity contribution in [1.29, 1.82) is 0 Å². The third kappa shape index (κ3) is 9.33. The van der Waals surface area contributed by atoms with E-state index in [1.807, 2.05) is 75.4 Å². The maximum atomic E-state index is 14.5. The van der Waals surface area contributed by atoms with Crippen LogP contribution < -0.4 is 9.62 Å². The van der Waals surface area contributed by atoms with Gasteiger partial charge in [0.25, 0.3) is 10.0 Å². The second kappa shape index (κ2) is 15.4. The highest BCUT2D eigenvalue weighted by molar-refractivity contribution is 7.92. The standard InChI is InChI=1S/C35H37Cl2N3O4S/c1-25(2)22-38-35(42)33(18-27-10-6-4-7-11-27)39(23-28-16-14-26(3)15-17-28)34(41)24-40(31-20-29(36)19-30(37)21-31)45(43,44)32-12-8-5-9-13-32/h4-17,19-21,25,33H,18,22-24H2,1-3H3,(H,38,42)/t33-/m0/s1. The van der Waals surface area contributed by atoms with E-state index in [0.29, 0.717) is 6.54 Å². The second-order valence-corrected chi connectivity index (χ2v) is 14.0. The number of aryl methyl sites for hydroxylation is 1. The van der Waals surface area contributed by atoms with Crippen molar-refractivity contribution in [2.75, 3.05) is 17.4 Å². The molecule has 0 aliphatic rings. The summed E-state index contributed by atoms with van der Waals surface area (Å²) in [5.41, 5.74) is 2.83. The minimum Gasteiger partial charge on any atom is -0.354 e. The predicted octanol–water partition coefficient (Wildman–Crippen LogP) is 6.91. The quantitative estimate of drug-likeness (QED) is 0.168. The number of hydrogen-bond donors (Lipinski definition) is 1. The Balaban J connectivity index is 1.81. The maximum absolute atomic E-state index is 14.5. The topological polar surface area (TPSA) is 86.8 Å². The number of carbonyl (C=O) groups excluding carboxylic acids is 2. The number of halogens is 2. The molecule has 0 radical (unpaired) electrons. The lowest BCUT2D eigenvalue weighted by Crippen LogP contribution is -2.53. The van der Waals surface area contributed by atoms with Crippen molar-refractivity contribution in [3.63, 3.8) is 0 Å². The van der Waals surface area contributed by atoms with E-state index in [0.717, 1.165) is 21.0 Å². The fourth-order valence-electron chi connectivity index (χ4n) is 4.80. The summed E-state index contributed by atoms with van der Waals surface area (Å²) >= 11 is 12.6. The molecule has 0 heterocycles. The molecule has 0 fully saturated rings. The molecule has 1 atom stereocenters. The lowest BCUT2D eigenvalue weighted by molar-refractivity contribution is -0.140. The van der Waals surface area contributed by atoms with E-state index in [4.69, 9.17) is 23.2 Å². The van der Waals surface area contributed by atoms with E-state index in [1.165, 1.54) is 35.2 Å². The molecular weight excluding hydrogens is 629 g/mol. The molecule has 4 aromatic carbocycles. The summed E-state index contributed by atoms with van der Waals surface area (Å²) in [5, 5.41) is 3.41. The molecule has 0 aliphatic heterocycles. The number of anilines is 1. The van der Waals surface area contributed by atoms with E-state index in [-0.39, 0.29) is 45.4 Å². The Hall–Kier alpha value is -3.85. The van der Waals surface area contributed by atoms with Gasteiger partial charge in [-0.25, -0.2) is 8.42 Å². The molecule has 4 aromatic rings. The summed E-state index contributed by atoms with van der Waals surface area (Å²) in [6.07, 6.45) is 0.233. The van der Waals surface area contributed by atoms with Crippen molar-refractivity contribution in [2.45, 2.75) is 44.7 Å². The molecule has 0 bridgehead atoms. The predicted molar refractivity (Wildman–Crippen MR) is 181 cm³/mol. The molecule has 2 amide bonds. The fraction of sp³-hybridized carbons (Fsp3) is 0.257. The molecule has 10 heteroatoms. The average molecular weight is 667 g/mol. The molecular formula is C35H37Cl2N3O4S. The maximum Gasteiger partial charge on any atom is 0.264 e. The second-order valence-electron chi connectivity index (χ2n) is 11.3. The molecule has 0 spiro atoms. The zero-order valence-electron chi connectivity index (χ0n) is 25.5. The number of carbonyl (C=O) groups is 2. The number of benzene rings is 4. The summed E-state index contributed by atoms with van der Waals surface area (Å²) in [6.45, 7) is 5.86. The molecule has 4 rings (SSSR count). The van der Waals surface area contributed by atoms with Crippen LogP contribution in [0, 0.1) is 12.8 Å². The normalized spacial score (nSPS) is 12.0. The summed E-state index contributed by atoms with van der Waals surface area (Å²) < 4.78 is 29.1. The Kier molecular flexibility index (Phi) is 11.7. The first-order valence-corrected chi connectivity index (χ1v) is 16.8. The van der Waals surface area contributed by atoms with Gasteiger partial charge in [-0.05, 0) is 54.3 Å². The Morgan fingerprint density at radius 3 is 1.96 bits per heavy atom. The van der Waals surface area contributed by atoms with Gasteiger partial charge in [0, 0.05) is 29.6 Å². The van der Waals surface area contributed by atoms with Crippen LogP contribution in [0.4, 0.5) is 5.69 Å². The van der Waals surface area contributed by atoms with Gasteiger partial charge < -0.3 is 10.2 Å². The SMILES string of the molecule is Cc1ccc(CN(C(=O)CN(c2cc(Cl)cc(Cl)c2)S(=O)(=O)c2ccccc2)[C@@H](Cc2ccccc2)C(=O)NCC(C)C)cc1. The van der Waals surface area contributed by atoms with Crippen molar-refractivity contribution >= 4 is 50.7 Å². The van der Waals surface area contributed by atoms with Crippen molar-refractivity contribution < 1.29 is 18.0 Å². The highest BCUT2D eigenvalue weighted by atomic mass is 35.5. The summed E-state index contributed by atoms with van der Waals surface area (Å²) in [4.78, 5) is 29.8. The van der Waals surface area contributed by atoms with E-state index in [1.54, 1.807) is 18.2 Å².